The quantitative estimate of drug-likeness (QED) is 0.351. The van der Waals surface area contributed by atoms with Crippen LogP contribution >= 0.6 is 23.5 Å². The summed E-state index contributed by atoms with van der Waals surface area (Å²) in [5.41, 5.74) is 0.438. The molecular formula is C14H16N2O3S2. The number of esters is 1. The fourth-order valence-electron chi connectivity index (χ4n) is 1.81. The molecule has 0 saturated heterocycles. The first-order valence-electron chi connectivity index (χ1n) is 6.35. The highest BCUT2D eigenvalue weighted by atomic mass is 32.2. The molecule has 5 nitrogen and oxygen atoms in total. The van der Waals surface area contributed by atoms with E-state index < -0.39 is 5.97 Å². The van der Waals surface area contributed by atoms with Crippen LogP contribution < -0.4 is 5.56 Å². The molecule has 0 atom stereocenters. The largest absolute Gasteiger partial charge is 0.468 e. The van der Waals surface area contributed by atoms with Crippen molar-refractivity contribution in [2.75, 3.05) is 24.9 Å². The lowest BCUT2D eigenvalue weighted by Gasteiger charge is -2.11. The first-order valence-corrected chi connectivity index (χ1v) is 8.73. The van der Waals surface area contributed by atoms with Gasteiger partial charge in [-0.05, 0) is 18.4 Å². The molecule has 0 aliphatic heterocycles. The van der Waals surface area contributed by atoms with Gasteiger partial charge in [0.05, 0.1) is 18.0 Å². The number of hydrogen-bond donors (Lipinski definition) is 0. The summed E-state index contributed by atoms with van der Waals surface area (Å²) in [4.78, 5) is 28.6. The zero-order valence-electron chi connectivity index (χ0n) is 11.9. The molecule has 0 spiro atoms. The van der Waals surface area contributed by atoms with Crippen molar-refractivity contribution < 1.29 is 9.53 Å². The molecular weight excluding hydrogens is 308 g/mol. The molecule has 0 aliphatic rings. The van der Waals surface area contributed by atoms with Crippen LogP contribution in [0.25, 0.3) is 10.9 Å². The average molecular weight is 324 g/mol. The molecule has 0 saturated carbocycles. The zero-order valence-corrected chi connectivity index (χ0v) is 13.5. The molecule has 2 aromatic rings. The summed E-state index contributed by atoms with van der Waals surface area (Å²) in [5.74, 6) is 1.32. The van der Waals surface area contributed by atoms with E-state index in [2.05, 4.69) is 9.72 Å². The topological polar surface area (TPSA) is 61.2 Å². The van der Waals surface area contributed by atoms with Gasteiger partial charge in [-0.25, -0.2) is 4.98 Å². The highest BCUT2D eigenvalue weighted by molar-refractivity contribution is 8.02. The van der Waals surface area contributed by atoms with Crippen LogP contribution in [0.4, 0.5) is 0 Å². The van der Waals surface area contributed by atoms with Crippen molar-refractivity contribution in [3.63, 3.8) is 0 Å². The van der Waals surface area contributed by atoms with Gasteiger partial charge in [0, 0.05) is 11.5 Å². The van der Waals surface area contributed by atoms with Crippen molar-refractivity contribution in [3.05, 3.63) is 34.6 Å². The summed E-state index contributed by atoms with van der Waals surface area (Å²) in [6, 6.07) is 7.15. The summed E-state index contributed by atoms with van der Waals surface area (Å²) in [5, 5.41) is 1.06. The molecule has 1 aromatic carbocycles. The molecule has 0 radical (unpaired) electrons. The third-order valence-electron chi connectivity index (χ3n) is 2.86. The van der Waals surface area contributed by atoms with Gasteiger partial charge in [-0.2, -0.15) is 11.8 Å². The number of hydrogen-bond acceptors (Lipinski definition) is 6. The first-order chi connectivity index (χ1) is 10.2. The number of carbonyl (C=O) groups excluding carboxylic acids is 1. The Hall–Kier alpha value is -1.47. The number of methoxy groups -OCH3 is 1. The van der Waals surface area contributed by atoms with Crippen molar-refractivity contribution in [2.45, 2.75) is 11.7 Å². The number of carbonyl (C=O) groups is 1. The molecule has 0 unspecified atom stereocenters. The monoisotopic (exact) mass is 324 g/mol. The molecule has 2 rings (SSSR count). The third kappa shape index (κ3) is 3.79. The van der Waals surface area contributed by atoms with E-state index in [1.807, 2.05) is 12.3 Å². The van der Waals surface area contributed by atoms with Gasteiger partial charge in [0.1, 0.15) is 6.54 Å². The van der Waals surface area contributed by atoms with Crippen LogP contribution in [0.2, 0.25) is 0 Å². The molecule has 112 valence electrons. The molecule has 1 heterocycles. The van der Waals surface area contributed by atoms with E-state index in [1.165, 1.54) is 23.4 Å². The molecule has 0 amide bonds. The van der Waals surface area contributed by atoms with Crippen LogP contribution in [0.5, 0.6) is 0 Å². The van der Waals surface area contributed by atoms with Crippen molar-refractivity contribution in [1.82, 2.24) is 9.55 Å². The van der Waals surface area contributed by atoms with E-state index in [0.29, 0.717) is 16.1 Å². The second-order valence-corrected chi connectivity index (χ2v) is 6.27. The smallest absolute Gasteiger partial charge is 0.325 e. The maximum Gasteiger partial charge on any atom is 0.325 e. The minimum absolute atomic E-state index is 0.116. The van der Waals surface area contributed by atoms with E-state index in [9.17, 15) is 9.59 Å². The van der Waals surface area contributed by atoms with Gasteiger partial charge in [-0.15, -0.1) is 0 Å². The summed E-state index contributed by atoms with van der Waals surface area (Å²) in [6.45, 7) is -0.116. The second-order valence-electron chi connectivity index (χ2n) is 4.22. The third-order valence-corrected chi connectivity index (χ3v) is 4.71. The fourth-order valence-corrected chi connectivity index (χ4v) is 3.46. The lowest BCUT2D eigenvalue weighted by atomic mass is 10.2. The summed E-state index contributed by atoms with van der Waals surface area (Å²) < 4.78 is 6.05. The van der Waals surface area contributed by atoms with Crippen LogP contribution in [0.15, 0.2) is 34.2 Å². The van der Waals surface area contributed by atoms with Gasteiger partial charge in [-0.3, -0.25) is 14.2 Å². The number of para-hydroxylation sites is 1. The van der Waals surface area contributed by atoms with Crippen LogP contribution in [0, 0.1) is 0 Å². The number of ether oxygens (including phenoxy) is 1. The number of benzene rings is 1. The molecule has 0 aliphatic carbocycles. The number of thioether (sulfide) groups is 2. The number of nitrogens with zero attached hydrogens (tertiary/aromatic N) is 2. The zero-order chi connectivity index (χ0) is 15.2. The van der Waals surface area contributed by atoms with E-state index in [-0.39, 0.29) is 12.1 Å². The molecule has 0 N–H and O–H groups in total. The fraction of sp³-hybridized carbons (Fsp3) is 0.357. The predicted octanol–water partition coefficient (Wildman–Crippen LogP) is 2.02. The van der Waals surface area contributed by atoms with E-state index in [1.54, 1.807) is 30.0 Å². The Balaban J connectivity index is 2.48. The second kappa shape index (κ2) is 7.51. The van der Waals surface area contributed by atoms with Crippen LogP contribution in [0.1, 0.15) is 0 Å². The van der Waals surface area contributed by atoms with Gasteiger partial charge in [0.15, 0.2) is 5.16 Å². The predicted molar refractivity (Wildman–Crippen MR) is 87.1 cm³/mol. The van der Waals surface area contributed by atoms with Gasteiger partial charge in [0.25, 0.3) is 5.56 Å². The van der Waals surface area contributed by atoms with Crippen LogP contribution in [-0.4, -0.2) is 40.4 Å². The van der Waals surface area contributed by atoms with Gasteiger partial charge >= 0.3 is 5.97 Å². The summed E-state index contributed by atoms with van der Waals surface area (Å²) in [7, 11) is 1.31. The minimum Gasteiger partial charge on any atom is -0.468 e. The van der Waals surface area contributed by atoms with Crippen molar-refractivity contribution >= 4 is 40.4 Å². The first kappa shape index (κ1) is 15.9. The van der Waals surface area contributed by atoms with Gasteiger partial charge in [-0.1, -0.05) is 23.9 Å². The highest BCUT2D eigenvalue weighted by Gasteiger charge is 2.14. The minimum atomic E-state index is -0.458. The van der Waals surface area contributed by atoms with Gasteiger partial charge in [0.2, 0.25) is 0 Å². The Labute approximate surface area is 131 Å². The molecule has 0 bridgehead atoms. The Kier molecular flexibility index (Phi) is 5.69. The lowest BCUT2D eigenvalue weighted by Crippen LogP contribution is -2.27. The van der Waals surface area contributed by atoms with Crippen molar-refractivity contribution in [3.8, 4) is 0 Å². The van der Waals surface area contributed by atoms with E-state index >= 15 is 0 Å². The van der Waals surface area contributed by atoms with E-state index in [0.717, 1.165) is 11.5 Å². The van der Waals surface area contributed by atoms with E-state index in [4.69, 9.17) is 0 Å². The molecule has 0 fully saturated rings. The Bertz CT molecular complexity index is 700. The SMILES string of the molecule is COC(=O)Cn1c(SCCSC)nc2ccccc2c1=O. The lowest BCUT2D eigenvalue weighted by molar-refractivity contribution is -0.141. The molecule has 21 heavy (non-hydrogen) atoms. The summed E-state index contributed by atoms with van der Waals surface area (Å²) in [6.07, 6.45) is 2.02. The van der Waals surface area contributed by atoms with Crippen LogP contribution in [0.3, 0.4) is 0 Å². The van der Waals surface area contributed by atoms with Crippen LogP contribution in [-0.2, 0) is 16.1 Å². The molecule has 1 aromatic heterocycles. The maximum absolute atomic E-state index is 12.5. The Morgan fingerprint density at radius 1 is 1.33 bits per heavy atom. The Morgan fingerprint density at radius 3 is 2.81 bits per heavy atom. The molecule has 7 heteroatoms. The number of rotatable bonds is 6. The van der Waals surface area contributed by atoms with Crippen molar-refractivity contribution in [2.24, 2.45) is 0 Å². The maximum atomic E-state index is 12.5. The van der Waals surface area contributed by atoms with Gasteiger partial charge < -0.3 is 4.74 Å². The average Bonchev–Trinajstić information content (AvgIpc) is 2.51. The number of aromatic nitrogens is 2. The standard InChI is InChI=1S/C14H16N2O3S2/c1-19-12(17)9-16-13(18)10-5-3-4-6-11(10)15-14(16)21-8-7-20-2/h3-6H,7-9H2,1-2H3. The highest BCUT2D eigenvalue weighted by Crippen LogP contribution is 2.18. The summed E-state index contributed by atoms with van der Waals surface area (Å²) >= 11 is 3.20. The normalized spacial score (nSPS) is 10.8. The van der Waals surface area contributed by atoms with Crippen molar-refractivity contribution in [1.29, 1.82) is 0 Å². The number of fused-ring (bicyclic) bond motifs is 1. The Morgan fingerprint density at radius 2 is 2.10 bits per heavy atom.